The van der Waals surface area contributed by atoms with Crippen molar-refractivity contribution in [1.29, 1.82) is 0 Å². The molecule has 2 N–H and O–H groups in total. The molecular weight excluding hydrogens is 418 g/mol. The lowest BCUT2D eigenvalue weighted by molar-refractivity contribution is -0.120. The highest BCUT2D eigenvalue weighted by Gasteiger charge is 2.38. The highest BCUT2D eigenvalue weighted by atomic mass is 32.2. The summed E-state index contributed by atoms with van der Waals surface area (Å²) >= 11 is 0. The van der Waals surface area contributed by atoms with E-state index in [2.05, 4.69) is 10.3 Å². The minimum Gasteiger partial charge on any atom is -0.462 e. The lowest BCUT2D eigenvalue weighted by Gasteiger charge is -2.31. The molecule has 0 aliphatic carbocycles. The fraction of sp³-hybridized carbons (Fsp3) is 0.455. The van der Waals surface area contributed by atoms with Crippen LogP contribution in [0.4, 0.5) is 5.69 Å². The standard InChI is InChI=1S/C22H29N3O5S/c1-5-30-22(27)19-15(3)23-16(4)20(19)31(28,29)25-11-7-9-17(13-25)21(26)24-18-10-6-8-14(2)12-18/h6,8,10,12,17,23H,5,7,9,11,13H2,1-4H3,(H,24,26)/t17-/m0/s1. The van der Waals surface area contributed by atoms with Crippen LogP contribution in [0.25, 0.3) is 0 Å². The second-order valence-electron chi connectivity index (χ2n) is 7.86. The second-order valence-corrected chi connectivity index (χ2v) is 9.74. The third kappa shape index (κ3) is 4.83. The molecule has 8 nitrogen and oxygen atoms in total. The van der Waals surface area contributed by atoms with Gasteiger partial charge in [-0.15, -0.1) is 0 Å². The molecular formula is C22H29N3O5S. The maximum atomic E-state index is 13.5. The number of hydrogen-bond donors (Lipinski definition) is 2. The van der Waals surface area contributed by atoms with Crippen molar-refractivity contribution in [3.8, 4) is 0 Å². The van der Waals surface area contributed by atoms with Gasteiger partial charge in [0.05, 0.1) is 12.5 Å². The van der Waals surface area contributed by atoms with Crippen molar-refractivity contribution in [1.82, 2.24) is 9.29 Å². The molecule has 0 unspecified atom stereocenters. The largest absolute Gasteiger partial charge is 0.462 e. The van der Waals surface area contributed by atoms with Gasteiger partial charge in [0.25, 0.3) is 0 Å². The fourth-order valence-corrected chi connectivity index (χ4v) is 5.94. The number of H-pyrrole nitrogens is 1. The first-order chi connectivity index (χ1) is 14.6. The summed E-state index contributed by atoms with van der Waals surface area (Å²) < 4.78 is 33.4. The number of amides is 1. The highest BCUT2D eigenvalue weighted by Crippen LogP contribution is 2.31. The van der Waals surface area contributed by atoms with Crippen LogP contribution in [0.5, 0.6) is 0 Å². The van der Waals surface area contributed by atoms with Crippen molar-refractivity contribution >= 4 is 27.6 Å². The number of nitrogens with one attached hydrogen (secondary N) is 2. The van der Waals surface area contributed by atoms with Crippen molar-refractivity contribution in [3.05, 3.63) is 46.8 Å². The molecule has 1 saturated heterocycles. The Morgan fingerprint density at radius 2 is 1.97 bits per heavy atom. The number of carbonyl (C=O) groups is 2. The van der Waals surface area contributed by atoms with Crippen LogP contribution in [0.15, 0.2) is 29.2 Å². The van der Waals surface area contributed by atoms with Gasteiger partial charge in [-0.25, -0.2) is 13.2 Å². The lowest BCUT2D eigenvalue weighted by atomic mass is 9.98. The molecule has 1 amide bonds. The number of nitrogens with zero attached hydrogens (tertiary/aromatic N) is 1. The Morgan fingerprint density at radius 3 is 2.65 bits per heavy atom. The Balaban J connectivity index is 1.84. The summed E-state index contributed by atoms with van der Waals surface area (Å²) in [6, 6.07) is 7.47. The first-order valence-corrected chi connectivity index (χ1v) is 11.8. The average Bonchev–Trinajstić information content (AvgIpc) is 3.03. The zero-order valence-electron chi connectivity index (χ0n) is 18.3. The molecule has 168 valence electrons. The molecule has 3 rings (SSSR count). The van der Waals surface area contributed by atoms with Crippen molar-refractivity contribution in [3.63, 3.8) is 0 Å². The van der Waals surface area contributed by atoms with Crippen LogP contribution < -0.4 is 5.32 Å². The number of ether oxygens (including phenoxy) is 1. The van der Waals surface area contributed by atoms with Crippen LogP contribution in [0.1, 0.15) is 47.1 Å². The van der Waals surface area contributed by atoms with Gasteiger partial charge in [-0.3, -0.25) is 4.79 Å². The predicted octanol–water partition coefficient (Wildman–Crippen LogP) is 3.16. The SMILES string of the molecule is CCOC(=O)c1c(C)[nH]c(C)c1S(=O)(=O)N1CCC[C@H](C(=O)Nc2cccc(C)c2)C1. The second kappa shape index (κ2) is 9.23. The number of anilines is 1. The topological polar surface area (TPSA) is 109 Å². The molecule has 0 bridgehead atoms. The Kier molecular flexibility index (Phi) is 6.86. The molecule has 1 fully saturated rings. The summed E-state index contributed by atoms with van der Waals surface area (Å²) in [6.45, 7) is 7.37. The number of carbonyl (C=O) groups excluding carboxylic acids is 2. The van der Waals surface area contributed by atoms with E-state index in [1.807, 2.05) is 25.1 Å². The van der Waals surface area contributed by atoms with Gasteiger partial charge in [0.15, 0.2) is 0 Å². The number of hydrogen-bond acceptors (Lipinski definition) is 5. The van der Waals surface area contributed by atoms with Crippen molar-refractivity contribution in [2.24, 2.45) is 5.92 Å². The number of aromatic nitrogens is 1. The van der Waals surface area contributed by atoms with Crippen LogP contribution >= 0.6 is 0 Å². The first-order valence-electron chi connectivity index (χ1n) is 10.4. The van der Waals surface area contributed by atoms with Gasteiger partial charge in [-0.05, 0) is 58.2 Å². The summed E-state index contributed by atoms with van der Waals surface area (Å²) in [4.78, 5) is 28.1. The Bertz CT molecular complexity index is 1090. The van der Waals surface area contributed by atoms with E-state index >= 15 is 0 Å². The van der Waals surface area contributed by atoms with Gasteiger partial charge in [0, 0.05) is 30.2 Å². The normalized spacial score (nSPS) is 17.4. The van der Waals surface area contributed by atoms with Crippen LogP contribution in [0, 0.1) is 26.7 Å². The Morgan fingerprint density at radius 1 is 1.23 bits per heavy atom. The molecule has 1 aromatic heterocycles. The number of rotatable bonds is 6. The zero-order chi connectivity index (χ0) is 22.8. The van der Waals surface area contributed by atoms with Crippen LogP contribution in [-0.4, -0.2) is 49.3 Å². The van der Waals surface area contributed by atoms with Crippen LogP contribution in [0.3, 0.4) is 0 Å². The van der Waals surface area contributed by atoms with Crippen LogP contribution in [-0.2, 0) is 19.6 Å². The van der Waals surface area contributed by atoms with Gasteiger partial charge in [0.2, 0.25) is 15.9 Å². The van der Waals surface area contributed by atoms with Gasteiger partial charge < -0.3 is 15.0 Å². The molecule has 2 aromatic rings. The number of aryl methyl sites for hydroxylation is 3. The average molecular weight is 448 g/mol. The molecule has 2 heterocycles. The van der Waals surface area contributed by atoms with Gasteiger partial charge in [-0.1, -0.05) is 12.1 Å². The molecule has 1 aliphatic rings. The Hall–Kier alpha value is -2.65. The highest BCUT2D eigenvalue weighted by molar-refractivity contribution is 7.89. The summed E-state index contributed by atoms with van der Waals surface area (Å²) in [5.41, 5.74) is 2.57. The minimum absolute atomic E-state index is 0.0330. The van der Waals surface area contributed by atoms with Crippen molar-refractivity contribution < 1.29 is 22.7 Å². The van der Waals surface area contributed by atoms with Gasteiger partial charge >= 0.3 is 5.97 Å². The molecule has 0 saturated carbocycles. The third-order valence-corrected chi connectivity index (χ3v) is 7.47. The fourth-order valence-electron chi connectivity index (χ4n) is 4.00. The lowest BCUT2D eigenvalue weighted by Crippen LogP contribution is -2.44. The molecule has 0 spiro atoms. The van der Waals surface area contributed by atoms with E-state index in [0.29, 0.717) is 36.5 Å². The van der Waals surface area contributed by atoms with Crippen molar-refractivity contribution in [2.45, 2.75) is 45.4 Å². The molecule has 1 aromatic carbocycles. The molecule has 0 radical (unpaired) electrons. The van der Waals surface area contributed by atoms with E-state index in [4.69, 9.17) is 4.74 Å². The predicted molar refractivity (Wildman–Crippen MR) is 118 cm³/mol. The monoisotopic (exact) mass is 447 g/mol. The summed E-state index contributed by atoms with van der Waals surface area (Å²) in [5, 5.41) is 2.89. The van der Waals surface area contributed by atoms with Crippen molar-refractivity contribution in [2.75, 3.05) is 25.0 Å². The quantitative estimate of drug-likeness (QED) is 0.661. The summed E-state index contributed by atoms with van der Waals surface area (Å²) in [5.74, 6) is -1.36. The first kappa shape index (κ1) is 23.0. The smallest absolute Gasteiger partial charge is 0.341 e. The number of benzene rings is 1. The van der Waals surface area contributed by atoms with E-state index in [1.165, 1.54) is 4.31 Å². The molecule has 1 aliphatic heterocycles. The van der Waals surface area contributed by atoms with E-state index < -0.39 is 21.9 Å². The van der Waals surface area contributed by atoms with E-state index in [-0.39, 0.29) is 29.5 Å². The maximum absolute atomic E-state index is 13.5. The number of esters is 1. The van der Waals surface area contributed by atoms with E-state index in [9.17, 15) is 18.0 Å². The number of sulfonamides is 1. The van der Waals surface area contributed by atoms with E-state index in [0.717, 1.165) is 5.56 Å². The number of aromatic amines is 1. The number of piperidine rings is 1. The maximum Gasteiger partial charge on any atom is 0.341 e. The van der Waals surface area contributed by atoms with E-state index in [1.54, 1.807) is 26.8 Å². The van der Waals surface area contributed by atoms with Crippen LogP contribution in [0.2, 0.25) is 0 Å². The zero-order valence-corrected chi connectivity index (χ0v) is 19.1. The molecule has 1 atom stereocenters. The molecule has 9 heteroatoms. The third-order valence-electron chi connectivity index (χ3n) is 5.44. The summed E-state index contributed by atoms with van der Waals surface area (Å²) in [7, 11) is -3.99. The van der Waals surface area contributed by atoms with Gasteiger partial charge in [-0.2, -0.15) is 4.31 Å². The Labute approximate surface area is 183 Å². The summed E-state index contributed by atoms with van der Waals surface area (Å²) in [6.07, 6.45) is 1.15. The molecule has 31 heavy (non-hydrogen) atoms. The minimum atomic E-state index is -3.99. The van der Waals surface area contributed by atoms with Gasteiger partial charge in [0.1, 0.15) is 10.5 Å².